The van der Waals surface area contributed by atoms with Crippen LogP contribution < -0.4 is 10.1 Å². The molecule has 0 radical (unpaired) electrons. The predicted octanol–water partition coefficient (Wildman–Crippen LogP) is 7.28. The van der Waals surface area contributed by atoms with Gasteiger partial charge in [-0.15, -0.1) is 10.2 Å². The molecule has 0 aliphatic rings. The third-order valence-corrected chi connectivity index (χ3v) is 7.14. The van der Waals surface area contributed by atoms with Gasteiger partial charge in [0, 0.05) is 16.3 Å². The largest absolute Gasteiger partial charge is 0.494 e. The van der Waals surface area contributed by atoms with Crippen molar-refractivity contribution in [2.24, 2.45) is 0 Å². The molecule has 0 spiro atoms. The van der Waals surface area contributed by atoms with Gasteiger partial charge in [0.05, 0.1) is 23.9 Å². The predicted molar refractivity (Wildman–Crippen MR) is 150 cm³/mol. The maximum Gasteiger partial charge on any atom is 0.251 e. The van der Waals surface area contributed by atoms with E-state index in [4.69, 9.17) is 27.9 Å². The average molecular weight is 556 g/mol. The van der Waals surface area contributed by atoms with Crippen LogP contribution >= 0.6 is 35.0 Å². The number of nitrogens with one attached hydrogen (secondary N) is 1. The van der Waals surface area contributed by atoms with Crippen LogP contribution in [0.3, 0.4) is 0 Å². The van der Waals surface area contributed by atoms with E-state index in [0.717, 1.165) is 18.6 Å². The Morgan fingerprint density at radius 3 is 2.62 bits per heavy atom. The topological polar surface area (TPSA) is 69.0 Å². The highest BCUT2D eigenvalue weighted by Gasteiger charge is 2.18. The van der Waals surface area contributed by atoms with Crippen LogP contribution in [0.15, 0.2) is 71.9 Å². The zero-order valence-corrected chi connectivity index (χ0v) is 23.0. The number of thioether (sulfide) groups is 1. The Balaban J connectivity index is 1.52. The fourth-order valence-corrected chi connectivity index (χ4v) is 4.93. The molecule has 9 heteroatoms. The lowest BCUT2D eigenvalue weighted by Crippen LogP contribution is -2.24. The van der Waals surface area contributed by atoms with Crippen LogP contribution in [0.2, 0.25) is 10.0 Å². The molecular weight excluding hydrogens is 527 g/mol. The molecule has 3 aromatic carbocycles. The van der Waals surface area contributed by atoms with Crippen molar-refractivity contribution in [3.8, 4) is 11.4 Å². The molecule has 0 aliphatic carbocycles. The van der Waals surface area contributed by atoms with Crippen molar-refractivity contribution in [1.82, 2.24) is 20.1 Å². The van der Waals surface area contributed by atoms with E-state index in [1.165, 1.54) is 11.1 Å². The lowest BCUT2D eigenvalue weighted by molar-refractivity contribution is 0.0949. The summed E-state index contributed by atoms with van der Waals surface area (Å²) in [5, 5.41) is 13.4. The van der Waals surface area contributed by atoms with Crippen molar-refractivity contribution in [2.75, 3.05) is 6.61 Å². The molecule has 4 aromatic rings. The van der Waals surface area contributed by atoms with Crippen molar-refractivity contribution >= 4 is 40.9 Å². The molecule has 1 heterocycles. The summed E-state index contributed by atoms with van der Waals surface area (Å²) in [5.74, 6) is 1.78. The second-order valence-corrected chi connectivity index (χ2v) is 10.3. The molecule has 4 rings (SSSR count). The van der Waals surface area contributed by atoms with E-state index in [2.05, 4.69) is 47.6 Å². The summed E-state index contributed by atoms with van der Waals surface area (Å²) in [6.07, 6.45) is 2.06. The minimum atomic E-state index is -0.221. The molecule has 0 saturated carbocycles. The Morgan fingerprint density at radius 2 is 1.86 bits per heavy atom. The number of aromatic nitrogens is 3. The lowest BCUT2D eigenvalue weighted by atomic mass is 10.2. The first-order valence-corrected chi connectivity index (χ1v) is 13.8. The molecule has 1 aromatic heterocycles. The van der Waals surface area contributed by atoms with Gasteiger partial charge in [0.25, 0.3) is 5.91 Å². The van der Waals surface area contributed by atoms with Crippen molar-refractivity contribution in [3.63, 3.8) is 0 Å². The first kappa shape index (κ1) is 27.0. The number of unbranched alkanes of at least 4 members (excludes halogenated alkanes) is 1. The van der Waals surface area contributed by atoms with Crippen LogP contribution in [-0.2, 0) is 12.3 Å². The molecule has 0 saturated heterocycles. The second kappa shape index (κ2) is 13.0. The normalized spacial score (nSPS) is 10.9. The van der Waals surface area contributed by atoms with Gasteiger partial charge in [0.1, 0.15) is 5.75 Å². The van der Waals surface area contributed by atoms with Gasteiger partial charge < -0.3 is 10.1 Å². The number of aryl methyl sites for hydroxylation is 1. The number of carbonyl (C=O) groups excluding carboxylic acids is 1. The number of benzene rings is 3. The number of nitrogens with zero attached hydrogens (tertiary/aromatic N) is 3. The Labute approximate surface area is 231 Å². The number of amides is 1. The Morgan fingerprint density at radius 1 is 1.05 bits per heavy atom. The van der Waals surface area contributed by atoms with Gasteiger partial charge >= 0.3 is 0 Å². The van der Waals surface area contributed by atoms with Gasteiger partial charge in [0.2, 0.25) is 0 Å². The van der Waals surface area contributed by atoms with Gasteiger partial charge in [0.15, 0.2) is 11.0 Å². The molecule has 0 aliphatic heterocycles. The molecule has 0 bridgehead atoms. The summed E-state index contributed by atoms with van der Waals surface area (Å²) in [6, 6.07) is 20.7. The summed E-state index contributed by atoms with van der Waals surface area (Å²) < 4.78 is 7.53. The van der Waals surface area contributed by atoms with Gasteiger partial charge in [-0.3, -0.25) is 9.36 Å². The van der Waals surface area contributed by atoms with Crippen LogP contribution in [0.25, 0.3) is 5.69 Å². The number of ether oxygens (including phenoxy) is 1. The van der Waals surface area contributed by atoms with Crippen LogP contribution in [0.5, 0.6) is 5.75 Å². The Hall–Kier alpha value is -3.00. The van der Waals surface area contributed by atoms with E-state index in [1.807, 2.05) is 10.6 Å². The zero-order valence-electron chi connectivity index (χ0n) is 20.7. The SMILES string of the molecule is CCCCOc1ccc(C(=O)NCc2nnc(SCc3cccc(C)c3)n2-c2cc(Cl)ccc2Cl)cc1. The zero-order chi connectivity index (χ0) is 26.2. The summed E-state index contributed by atoms with van der Waals surface area (Å²) in [6.45, 7) is 5.00. The molecular formula is C28H28Cl2N4O2S. The monoisotopic (exact) mass is 554 g/mol. The first-order valence-electron chi connectivity index (χ1n) is 12.0. The molecule has 0 unspecified atom stereocenters. The van der Waals surface area contributed by atoms with Crippen LogP contribution in [-0.4, -0.2) is 27.3 Å². The van der Waals surface area contributed by atoms with Gasteiger partial charge in [-0.25, -0.2) is 0 Å². The van der Waals surface area contributed by atoms with E-state index >= 15 is 0 Å². The number of hydrogen-bond donors (Lipinski definition) is 1. The second-order valence-electron chi connectivity index (χ2n) is 8.52. The van der Waals surface area contributed by atoms with E-state index in [9.17, 15) is 4.79 Å². The summed E-state index contributed by atoms with van der Waals surface area (Å²) in [5.41, 5.74) is 3.56. The van der Waals surface area contributed by atoms with Gasteiger partial charge in [-0.2, -0.15) is 0 Å². The smallest absolute Gasteiger partial charge is 0.251 e. The van der Waals surface area contributed by atoms with Crippen molar-refractivity contribution in [2.45, 2.75) is 44.1 Å². The minimum absolute atomic E-state index is 0.161. The number of halogens is 2. The minimum Gasteiger partial charge on any atom is -0.494 e. The van der Waals surface area contributed by atoms with Gasteiger partial charge in [-0.1, -0.05) is 78.1 Å². The molecule has 1 N–H and O–H groups in total. The highest BCUT2D eigenvalue weighted by Crippen LogP contribution is 2.31. The lowest BCUT2D eigenvalue weighted by Gasteiger charge is -2.13. The maximum absolute atomic E-state index is 12.8. The van der Waals surface area contributed by atoms with E-state index in [0.29, 0.717) is 44.6 Å². The van der Waals surface area contributed by atoms with Crippen molar-refractivity contribution in [1.29, 1.82) is 0 Å². The third-order valence-electron chi connectivity index (χ3n) is 5.59. The van der Waals surface area contributed by atoms with Crippen molar-refractivity contribution in [3.05, 3.63) is 99.3 Å². The highest BCUT2D eigenvalue weighted by atomic mass is 35.5. The quantitative estimate of drug-likeness (QED) is 0.156. The first-order chi connectivity index (χ1) is 17.9. The number of rotatable bonds is 11. The molecule has 192 valence electrons. The summed E-state index contributed by atoms with van der Waals surface area (Å²) in [7, 11) is 0. The standard InChI is InChI=1S/C28H28Cl2N4O2S/c1-3-4-14-36-23-11-8-21(9-12-23)27(35)31-17-26-32-33-28(37-18-20-7-5-6-19(2)15-20)34(26)25-16-22(29)10-13-24(25)30/h5-13,15-16H,3-4,14,17-18H2,1-2H3,(H,31,35). The highest BCUT2D eigenvalue weighted by molar-refractivity contribution is 7.98. The molecule has 37 heavy (non-hydrogen) atoms. The van der Waals surface area contributed by atoms with E-state index in [1.54, 1.807) is 54.2 Å². The number of hydrogen-bond acceptors (Lipinski definition) is 5. The maximum atomic E-state index is 12.8. The van der Waals surface area contributed by atoms with E-state index < -0.39 is 0 Å². The van der Waals surface area contributed by atoms with Crippen LogP contribution in [0.1, 0.15) is 47.1 Å². The molecule has 0 atom stereocenters. The summed E-state index contributed by atoms with van der Waals surface area (Å²) in [4.78, 5) is 12.8. The molecule has 6 nitrogen and oxygen atoms in total. The average Bonchev–Trinajstić information content (AvgIpc) is 3.30. The third kappa shape index (κ3) is 7.28. The fraction of sp³-hybridized carbons (Fsp3) is 0.250. The Bertz CT molecular complexity index is 1360. The van der Waals surface area contributed by atoms with Gasteiger partial charge in [-0.05, 0) is 61.4 Å². The van der Waals surface area contributed by atoms with E-state index in [-0.39, 0.29) is 12.5 Å². The Kier molecular flexibility index (Phi) is 9.50. The fourth-order valence-electron chi connectivity index (χ4n) is 3.66. The van der Waals surface area contributed by atoms with Crippen LogP contribution in [0.4, 0.5) is 0 Å². The van der Waals surface area contributed by atoms with Crippen LogP contribution in [0, 0.1) is 6.92 Å². The molecule has 1 amide bonds. The molecule has 0 fully saturated rings. The summed E-state index contributed by atoms with van der Waals surface area (Å²) >= 11 is 14.4. The number of carbonyl (C=O) groups is 1. The van der Waals surface area contributed by atoms with Crippen molar-refractivity contribution < 1.29 is 9.53 Å².